The molecule has 2 unspecified atom stereocenters. The number of aliphatic hydroxyl groups excluding tert-OH is 1. The first-order chi connectivity index (χ1) is 8.83. The van der Waals surface area contributed by atoms with Gasteiger partial charge in [-0.25, -0.2) is 0 Å². The molecule has 1 fully saturated rings. The number of hydrogen-bond donors (Lipinski definition) is 3. The highest BCUT2D eigenvalue weighted by Gasteiger charge is 2.42. The van der Waals surface area contributed by atoms with Gasteiger partial charge in [-0.3, -0.25) is 9.59 Å². The van der Waals surface area contributed by atoms with E-state index in [1.807, 2.05) is 20.8 Å². The van der Waals surface area contributed by atoms with Crippen LogP contribution in [0.3, 0.4) is 0 Å². The Hall–Kier alpha value is -1.10. The normalized spacial score (nSPS) is 29.8. The van der Waals surface area contributed by atoms with Gasteiger partial charge in [0, 0.05) is 12.1 Å². The summed E-state index contributed by atoms with van der Waals surface area (Å²) in [4.78, 5) is 23.5. The minimum absolute atomic E-state index is 0.00798. The molecule has 0 heterocycles. The van der Waals surface area contributed by atoms with Crippen LogP contribution in [-0.2, 0) is 9.59 Å². The zero-order valence-electron chi connectivity index (χ0n) is 12.0. The third-order valence-corrected chi connectivity index (χ3v) is 4.32. The van der Waals surface area contributed by atoms with Crippen LogP contribution in [0.5, 0.6) is 0 Å². The molecule has 1 saturated carbocycles. The van der Waals surface area contributed by atoms with Crippen molar-refractivity contribution in [2.24, 2.45) is 17.8 Å². The summed E-state index contributed by atoms with van der Waals surface area (Å²) in [7, 11) is 0. The SMILES string of the molecule is CCC(C)(CCO)NC(=O)[C@H]1CC(C)C[C@H]1C(=O)O. The average molecular weight is 271 g/mol. The van der Waals surface area contributed by atoms with Crippen molar-refractivity contribution in [1.82, 2.24) is 5.32 Å². The maximum Gasteiger partial charge on any atom is 0.307 e. The van der Waals surface area contributed by atoms with Gasteiger partial charge in [0.1, 0.15) is 0 Å². The molecular weight excluding hydrogens is 246 g/mol. The second-order valence-corrected chi connectivity index (χ2v) is 6.00. The van der Waals surface area contributed by atoms with E-state index in [9.17, 15) is 14.7 Å². The first-order valence-corrected chi connectivity index (χ1v) is 6.98. The smallest absolute Gasteiger partial charge is 0.307 e. The third kappa shape index (κ3) is 3.93. The monoisotopic (exact) mass is 271 g/mol. The highest BCUT2D eigenvalue weighted by Crippen LogP contribution is 2.37. The van der Waals surface area contributed by atoms with Gasteiger partial charge in [-0.2, -0.15) is 0 Å². The number of rotatable bonds is 6. The summed E-state index contributed by atoms with van der Waals surface area (Å²) < 4.78 is 0. The molecule has 19 heavy (non-hydrogen) atoms. The Morgan fingerprint density at radius 2 is 1.89 bits per heavy atom. The van der Waals surface area contributed by atoms with Gasteiger partial charge in [-0.05, 0) is 38.5 Å². The van der Waals surface area contributed by atoms with Crippen LogP contribution in [0, 0.1) is 17.8 Å². The summed E-state index contributed by atoms with van der Waals surface area (Å²) in [5, 5.41) is 21.2. The number of carbonyl (C=O) groups excluding carboxylic acids is 1. The van der Waals surface area contributed by atoms with Gasteiger partial charge in [0.05, 0.1) is 11.8 Å². The molecule has 0 spiro atoms. The van der Waals surface area contributed by atoms with E-state index in [0.29, 0.717) is 25.7 Å². The molecule has 5 nitrogen and oxygen atoms in total. The number of carboxylic acid groups (broad SMARTS) is 1. The van der Waals surface area contributed by atoms with Crippen molar-refractivity contribution >= 4 is 11.9 Å². The lowest BCUT2D eigenvalue weighted by Gasteiger charge is -2.31. The summed E-state index contributed by atoms with van der Waals surface area (Å²) >= 11 is 0. The highest BCUT2D eigenvalue weighted by atomic mass is 16.4. The van der Waals surface area contributed by atoms with Crippen LogP contribution in [0.4, 0.5) is 0 Å². The molecule has 0 aromatic heterocycles. The van der Waals surface area contributed by atoms with Crippen LogP contribution >= 0.6 is 0 Å². The van der Waals surface area contributed by atoms with E-state index in [0.717, 1.165) is 0 Å². The van der Waals surface area contributed by atoms with Crippen LogP contribution < -0.4 is 5.32 Å². The first-order valence-electron chi connectivity index (χ1n) is 6.98. The second kappa shape index (κ2) is 6.37. The van der Waals surface area contributed by atoms with Crippen molar-refractivity contribution in [3.05, 3.63) is 0 Å². The number of carboxylic acids is 1. The average Bonchev–Trinajstić information content (AvgIpc) is 2.72. The highest BCUT2D eigenvalue weighted by molar-refractivity contribution is 5.85. The number of hydrogen-bond acceptors (Lipinski definition) is 3. The van der Waals surface area contributed by atoms with Crippen molar-refractivity contribution in [1.29, 1.82) is 0 Å². The van der Waals surface area contributed by atoms with Crippen LogP contribution in [0.1, 0.15) is 46.5 Å². The zero-order valence-corrected chi connectivity index (χ0v) is 12.0. The van der Waals surface area contributed by atoms with Crippen molar-refractivity contribution < 1.29 is 19.8 Å². The molecule has 5 heteroatoms. The molecular formula is C14H25NO4. The summed E-state index contributed by atoms with van der Waals surface area (Å²) in [6, 6.07) is 0. The Labute approximate surface area is 114 Å². The predicted octanol–water partition coefficient (Wildman–Crippen LogP) is 1.40. The Morgan fingerprint density at radius 3 is 2.37 bits per heavy atom. The maximum atomic E-state index is 12.3. The molecule has 0 aromatic rings. The Kier molecular flexibility index (Phi) is 5.35. The minimum atomic E-state index is -0.884. The van der Waals surface area contributed by atoms with Gasteiger partial charge in [-0.15, -0.1) is 0 Å². The Bertz CT molecular complexity index is 344. The quantitative estimate of drug-likeness (QED) is 0.681. The van der Waals surface area contributed by atoms with E-state index in [1.54, 1.807) is 0 Å². The standard InChI is InChI=1S/C14H25NO4/c1-4-14(3,5-6-16)15-12(17)10-7-9(2)8-11(10)13(18)19/h9-11,16H,4-8H2,1-3H3,(H,15,17)(H,18,19)/t9?,10-,11+,14?/m0/s1. The minimum Gasteiger partial charge on any atom is -0.481 e. The third-order valence-electron chi connectivity index (χ3n) is 4.32. The lowest BCUT2D eigenvalue weighted by Crippen LogP contribution is -2.49. The van der Waals surface area contributed by atoms with Crippen molar-refractivity contribution in [3.8, 4) is 0 Å². The van der Waals surface area contributed by atoms with Crippen LogP contribution in [0.15, 0.2) is 0 Å². The fourth-order valence-corrected chi connectivity index (χ4v) is 2.82. The van der Waals surface area contributed by atoms with E-state index in [4.69, 9.17) is 5.11 Å². The van der Waals surface area contributed by atoms with E-state index in [2.05, 4.69) is 5.32 Å². The van der Waals surface area contributed by atoms with Crippen LogP contribution in [0.25, 0.3) is 0 Å². The predicted molar refractivity (Wildman–Crippen MR) is 71.6 cm³/mol. The van der Waals surface area contributed by atoms with Gasteiger partial charge in [-0.1, -0.05) is 13.8 Å². The van der Waals surface area contributed by atoms with Gasteiger partial charge in [0.2, 0.25) is 5.91 Å². The first kappa shape index (κ1) is 16.0. The molecule has 0 aliphatic heterocycles. The second-order valence-electron chi connectivity index (χ2n) is 6.00. The molecule has 0 radical (unpaired) electrons. The number of aliphatic hydroxyl groups is 1. The summed E-state index contributed by atoms with van der Waals surface area (Å²) in [5.74, 6) is -1.83. The molecule has 0 saturated heterocycles. The largest absolute Gasteiger partial charge is 0.481 e. The van der Waals surface area contributed by atoms with Gasteiger partial charge < -0.3 is 15.5 Å². The fraction of sp³-hybridized carbons (Fsp3) is 0.857. The van der Waals surface area contributed by atoms with Crippen molar-refractivity contribution in [3.63, 3.8) is 0 Å². The van der Waals surface area contributed by atoms with Gasteiger partial charge in [0.15, 0.2) is 0 Å². The summed E-state index contributed by atoms with van der Waals surface area (Å²) in [5.41, 5.74) is -0.458. The van der Waals surface area contributed by atoms with E-state index < -0.39 is 23.3 Å². The van der Waals surface area contributed by atoms with Gasteiger partial charge >= 0.3 is 5.97 Å². The molecule has 1 rings (SSSR count). The van der Waals surface area contributed by atoms with Crippen LogP contribution in [-0.4, -0.2) is 34.2 Å². The lowest BCUT2D eigenvalue weighted by atomic mass is 9.90. The lowest BCUT2D eigenvalue weighted by molar-refractivity contribution is -0.146. The number of carbonyl (C=O) groups is 2. The van der Waals surface area contributed by atoms with Crippen LogP contribution in [0.2, 0.25) is 0 Å². The van der Waals surface area contributed by atoms with Crippen molar-refractivity contribution in [2.45, 2.75) is 52.0 Å². The Morgan fingerprint density at radius 1 is 1.32 bits per heavy atom. The molecule has 0 bridgehead atoms. The molecule has 1 amide bonds. The number of amides is 1. The Balaban J connectivity index is 2.73. The molecule has 110 valence electrons. The number of aliphatic carboxylic acids is 1. The summed E-state index contributed by atoms with van der Waals surface area (Å²) in [6.45, 7) is 5.82. The van der Waals surface area contributed by atoms with Gasteiger partial charge in [0.25, 0.3) is 0 Å². The number of nitrogens with one attached hydrogen (secondary N) is 1. The summed E-state index contributed by atoms with van der Waals surface area (Å²) in [6.07, 6.45) is 2.38. The molecule has 0 aromatic carbocycles. The fourth-order valence-electron chi connectivity index (χ4n) is 2.82. The topological polar surface area (TPSA) is 86.6 Å². The molecule has 1 aliphatic rings. The zero-order chi connectivity index (χ0) is 14.6. The van der Waals surface area contributed by atoms with Crippen molar-refractivity contribution in [2.75, 3.05) is 6.61 Å². The van der Waals surface area contributed by atoms with E-state index in [1.165, 1.54) is 0 Å². The van der Waals surface area contributed by atoms with E-state index >= 15 is 0 Å². The maximum absolute atomic E-state index is 12.3. The molecule has 4 atom stereocenters. The molecule has 3 N–H and O–H groups in total. The molecule has 1 aliphatic carbocycles. The van der Waals surface area contributed by atoms with E-state index in [-0.39, 0.29) is 18.4 Å².